The molecule has 0 aliphatic carbocycles. The summed E-state index contributed by atoms with van der Waals surface area (Å²) in [7, 11) is -3.41. The Labute approximate surface area is 162 Å². The molecule has 9 heteroatoms. The number of carbonyl (C=O) groups excluding carboxylic acids is 2. The molecule has 1 heterocycles. The van der Waals surface area contributed by atoms with Crippen molar-refractivity contribution in [3.63, 3.8) is 0 Å². The molecule has 1 aliphatic heterocycles. The van der Waals surface area contributed by atoms with Crippen molar-refractivity contribution >= 4 is 44.8 Å². The van der Waals surface area contributed by atoms with Gasteiger partial charge in [-0.25, -0.2) is 8.42 Å². The number of sulfonamides is 1. The number of halogens is 1. The molecule has 2 N–H and O–H groups in total. The lowest BCUT2D eigenvalue weighted by Gasteiger charge is -2.19. The first-order valence-corrected chi connectivity index (χ1v) is 10.3. The Morgan fingerprint density at radius 3 is 2.48 bits per heavy atom. The van der Waals surface area contributed by atoms with Gasteiger partial charge in [0.15, 0.2) is 0 Å². The van der Waals surface area contributed by atoms with Gasteiger partial charge in [-0.05, 0) is 30.2 Å². The van der Waals surface area contributed by atoms with E-state index in [4.69, 9.17) is 11.6 Å². The second-order valence-electron chi connectivity index (χ2n) is 6.03. The van der Waals surface area contributed by atoms with Crippen molar-refractivity contribution in [2.24, 2.45) is 0 Å². The van der Waals surface area contributed by atoms with Gasteiger partial charge in [-0.3, -0.25) is 13.9 Å². The highest BCUT2D eigenvalue weighted by Crippen LogP contribution is 2.33. The molecule has 1 saturated heterocycles. The van der Waals surface area contributed by atoms with Crippen LogP contribution in [0.3, 0.4) is 0 Å². The number of nitrogens with zero attached hydrogens (tertiary/aromatic N) is 1. The summed E-state index contributed by atoms with van der Waals surface area (Å²) in [5, 5.41) is 5.25. The molecule has 0 aromatic heterocycles. The number of rotatable bonds is 4. The van der Waals surface area contributed by atoms with Crippen LogP contribution in [0.15, 0.2) is 48.5 Å². The number of amides is 2. The monoisotopic (exact) mass is 407 g/mol. The van der Waals surface area contributed by atoms with Gasteiger partial charge in [0.25, 0.3) is 0 Å². The number of hydrogen-bond donors (Lipinski definition) is 2. The van der Waals surface area contributed by atoms with Crippen molar-refractivity contribution in [2.45, 2.75) is 13.0 Å². The van der Waals surface area contributed by atoms with Crippen molar-refractivity contribution in [2.75, 3.05) is 21.9 Å². The highest BCUT2D eigenvalue weighted by molar-refractivity contribution is 7.93. The van der Waals surface area contributed by atoms with Crippen LogP contribution in [0, 0.1) is 0 Å². The Morgan fingerprint density at radius 1 is 1.07 bits per heavy atom. The molecule has 27 heavy (non-hydrogen) atoms. The molecule has 142 valence electrons. The lowest BCUT2D eigenvalue weighted by molar-refractivity contribution is -0.136. The zero-order valence-electron chi connectivity index (χ0n) is 14.3. The second kappa shape index (κ2) is 7.98. The first kappa shape index (κ1) is 19.2. The maximum Gasteiger partial charge on any atom is 0.313 e. The van der Waals surface area contributed by atoms with Crippen LogP contribution in [-0.4, -0.2) is 32.5 Å². The average Bonchev–Trinajstić information content (AvgIpc) is 3.01. The Kier molecular flexibility index (Phi) is 5.67. The van der Waals surface area contributed by atoms with E-state index in [2.05, 4.69) is 10.6 Å². The van der Waals surface area contributed by atoms with E-state index in [-0.39, 0.29) is 28.7 Å². The molecule has 1 aliphatic rings. The van der Waals surface area contributed by atoms with Gasteiger partial charge in [0, 0.05) is 18.8 Å². The Hall–Kier alpha value is -2.58. The third kappa shape index (κ3) is 4.58. The molecule has 0 saturated carbocycles. The Bertz CT molecular complexity index is 964. The summed E-state index contributed by atoms with van der Waals surface area (Å²) < 4.78 is 25.4. The van der Waals surface area contributed by atoms with Crippen molar-refractivity contribution in [3.8, 4) is 0 Å². The van der Waals surface area contributed by atoms with Crippen molar-refractivity contribution in [3.05, 3.63) is 59.1 Å². The van der Waals surface area contributed by atoms with E-state index < -0.39 is 21.8 Å². The SMILES string of the molecule is O=C(NCc1ccccc1)C(=O)Nc1ccc(Cl)c(N2CCCS2(=O)=O)c1. The summed E-state index contributed by atoms with van der Waals surface area (Å²) >= 11 is 6.12. The van der Waals surface area contributed by atoms with Gasteiger partial charge >= 0.3 is 11.8 Å². The van der Waals surface area contributed by atoms with Gasteiger partial charge < -0.3 is 10.6 Å². The third-order valence-electron chi connectivity index (χ3n) is 4.07. The summed E-state index contributed by atoms with van der Waals surface area (Å²) in [5.74, 6) is -1.57. The van der Waals surface area contributed by atoms with E-state index in [1.807, 2.05) is 30.3 Å². The Morgan fingerprint density at radius 2 is 1.81 bits per heavy atom. The van der Waals surface area contributed by atoms with E-state index in [0.29, 0.717) is 13.0 Å². The highest BCUT2D eigenvalue weighted by atomic mass is 35.5. The first-order chi connectivity index (χ1) is 12.9. The van der Waals surface area contributed by atoms with E-state index in [0.717, 1.165) is 5.56 Å². The molecule has 0 radical (unpaired) electrons. The smallest absolute Gasteiger partial charge is 0.313 e. The van der Waals surface area contributed by atoms with Crippen LogP contribution in [-0.2, 0) is 26.2 Å². The number of hydrogen-bond acceptors (Lipinski definition) is 4. The molecule has 2 amide bonds. The topological polar surface area (TPSA) is 95.6 Å². The molecule has 2 aromatic carbocycles. The number of carbonyl (C=O) groups is 2. The van der Waals surface area contributed by atoms with Gasteiger partial charge in [0.05, 0.1) is 16.5 Å². The summed E-state index contributed by atoms with van der Waals surface area (Å²) in [4.78, 5) is 24.1. The fraction of sp³-hybridized carbons (Fsp3) is 0.222. The van der Waals surface area contributed by atoms with Crippen molar-refractivity contribution < 1.29 is 18.0 Å². The zero-order chi connectivity index (χ0) is 19.4. The van der Waals surface area contributed by atoms with Gasteiger partial charge in [0.1, 0.15) is 0 Å². The molecule has 2 aromatic rings. The van der Waals surface area contributed by atoms with Gasteiger partial charge in [-0.15, -0.1) is 0 Å². The van der Waals surface area contributed by atoms with Gasteiger partial charge in [-0.2, -0.15) is 0 Å². The molecule has 7 nitrogen and oxygen atoms in total. The minimum Gasteiger partial charge on any atom is -0.344 e. The summed E-state index contributed by atoms with van der Waals surface area (Å²) in [6.07, 6.45) is 0.511. The lowest BCUT2D eigenvalue weighted by Crippen LogP contribution is -2.35. The van der Waals surface area contributed by atoms with Gasteiger partial charge in [0.2, 0.25) is 10.0 Å². The zero-order valence-corrected chi connectivity index (χ0v) is 15.9. The molecule has 0 spiro atoms. The maximum absolute atomic E-state index is 12.1. The van der Waals surface area contributed by atoms with E-state index >= 15 is 0 Å². The molecular weight excluding hydrogens is 390 g/mol. The normalized spacial score (nSPS) is 15.4. The molecule has 0 bridgehead atoms. The fourth-order valence-corrected chi connectivity index (χ4v) is 4.58. The summed E-state index contributed by atoms with van der Waals surface area (Å²) in [5.41, 5.74) is 1.44. The predicted octanol–water partition coefficient (Wildman–Crippen LogP) is 2.13. The molecule has 0 atom stereocenters. The van der Waals surface area contributed by atoms with Crippen LogP contribution in [0.1, 0.15) is 12.0 Å². The van der Waals surface area contributed by atoms with Crippen LogP contribution in [0.4, 0.5) is 11.4 Å². The van der Waals surface area contributed by atoms with E-state index in [1.54, 1.807) is 0 Å². The van der Waals surface area contributed by atoms with Crippen molar-refractivity contribution in [1.82, 2.24) is 5.32 Å². The molecular formula is C18H18ClN3O4S. The number of benzene rings is 2. The quantitative estimate of drug-likeness (QED) is 0.759. The fourth-order valence-electron chi connectivity index (χ4n) is 2.74. The second-order valence-corrected chi connectivity index (χ2v) is 8.45. The summed E-state index contributed by atoms with van der Waals surface area (Å²) in [6.45, 7) is 0.558. The van der Waals surface area contributed by atoms with Crippen LogP contribution in [0.25, 0.3) is 0 Å². The number of nitrogens with one attached hydrogen (secondary N) is 2. The summed E-state index contributed by atoms with van der Waals surface area (Å²) in [6, 6.07) is 13.6. The van der Waals surface area contributed by atoms with Crippen LogP contribution in [0.2, 0.25) is 5.02 Å². The van der Waals surface area contributed by atoms with E-state index in [9.17, 15) is 18.0 Å². The first-order valence-electron chi connectivity index (χ1n) is 8.30. The minimum atomic E-state index is -3.41. The highest BCUT2D eigenvalue weighted by Gasteiger charge is 2.30. The van der Waals surface area contributed by atoms with Crippen LogP contribution < -0.4 is 14.9 Å². The molecule has 3 rings (SSSR count). The Balaban J connectivity index is 1.67. The van der Waals surface area contributed by atoms with E-state index in [1.165, 1.54) is 22.5 Å². The standard InChI is InChI=1S/C18H18ClN3O4S/c19-15-8-7-14(11-16(15)22-9-4-10-27(22,25)26)21-18(24)17(23)20-12-13-5-2-1-3-6-13/h1-3,5-8,11H,4,9-10,12H2,(H,20,23)(H,21,24). The molecule has 0 unspecified atom stereocenters. The minimum absolute atomic E-state index is 0.0573. The lowest BCUT2D eigenvalue weighted by atomic mass is 10.2. The van der Waals surface area contributed by atoms with Crippen LogP contribution >= 0.6 is 11.6 Å². The maximum atomic E-state index is 12.1. The van der Waals surface area contributed by atoms with Gasteiger partial charge in [-0.1, -0.05) is 41.9 Å². The predicted molar refractivity (Wildman–Crippen MR) is 104 cm³/mol. The van der Waals surface area contributed by atoms with Crippen LogP contribution in [0.5, 0.6) is 0 Å². The average molecular weight is 408 g/mol. The largest absolute Gasteiger partial charge is 0.344 e. The third-order valence-corrected chi connectivity index (χ3v) is 6.25. The number of anilines is 2. The van der Waals surface area contributed by atoms with Crippen molar-refractivity contribution in [1.29, 1.82) is 0 Å². The molecule has 1 fully saturated rings.